The maximum atomic E-state index is 6.14. The van der Waals surface area contributed by atoms with Crippen LogP contribution >= 0.6 is 11.6 Å². The van der Waals surface area contributed by atoms with Crippen molar-refractivity contribution in [2.75, 3.05) is 12.8 Å². The maximum absolute atomic E-state index is 6.14. The predicted molar refractivity (Wildman–Crippen MR) is 79.8 cm³/mol. The molecule has 2 heterocycles. The number of hydrogen-bond donors (Lipinski definition) is 1. The van der Waals surface area contributed by atoms with Gasteiger partial charge in [-0.25, -0.2) is 0 Å². The SMILES string of the molecule is COc1cc(Oc2ccc(Cl)c3cccnc23)nc(N)n1. The standard InChI is InChI=1S/C14H11ClN4O2/c1-20-11-7-12(19-14(16)18-11)21-10-5-4-9(15)8-3-2-6-17-13(8)10/h2-7H,1H3,(H2,16,18,19). The van der Waals surface area contributed by atoms with Crippen molar-refractivity contribution in [1.29, 1.82) is 0 Å². The van der Waals surface area contributed by atoms with Crippen LogP contribution in [0.15, 0.2) is 36.5 Å². The van der Waals surface area contributed by atoms with Crippen molar-refractivity contribution in [3.05, 3.63) is 41.6 Å². The van der Waals surface area contributed by atoms with Crippen molar-refractivity contribution in [3.63, 3.8) is 0 Å². The Labute approximate surface area is 125 Å². The van der Waals surface area contributed by atoms with Gasteiger partial charge in [0.15, 0.2) is 5.75 Å². The second-order valence-electron chi connectivity index (χ2n) is 4.15. The van der Waals surface area contributed by atoms with Crippen molar-refractivity contribution >= 4 is 28.5 Å². The van der Waals surface area contributed by atoms with Crippen molar-refractivity contribution in [3.8, 4) is 17.5 Å². The Morgan fingerprint density at radius 3 is 2.76 bits per heavy atom. The number of pyridine rings is 1. The van der Waals surface area contributed by atoms with E-state index in [0.717, 1.165) is 5.39 Å². The van der Waals surface area contributed by atoms with Gasteiger partial charge in [0, 0.05) is 11.6 Å². The molecule has 1 aromatic carbocycles. The van der Waals surface area contributed by atoms with E-state index in [1.54, 1.807) is 24.4 Å². The lowest BCUT2D eigenvalue weighted by atomic mass is 10.2. The van der Waals surface area contributed by atoms with Gasteiger partial charge in [-0.3, -0.25) is 4.98 Å². The first-order chi connectivity index (χ1) is 10.2. The van der Waals surface area contributed by atoms with Crippen LogP contribution in [-0.4, -0.2) is 22.1 Å². The van der Waals surface area contributed by atoms with E-state index < -0.39 is 0 Å². The van der Waals surface area contributed by atoms with Gasteiger partial charge < -0.3 is 15.2 Å². The van der Waals surface area contributed by atoms with E-state index in [0.29, 0.717) is 22.2 Å². The number of methoxy groups -OCH3 is 1. The lowest BCUT2D eigenvalue weighted by molar-refractivity contribution is 0.389. The fourth-order valence-electron chi connectivity index (χ4n) is 1.88. The third-order valence-corrected chi connectivity index (χ3v) is 3.13. The normalized spacial score (nSPS) is 10.6. The van der Waals surface area contributed by atoms with Gasteiger partial charge in [-0.2, -0.15) is 9.97 Å². The van der Waals surface area contributed by atoms with Crippen LogP contribution < -0.4 is 15.2 Å². The quantitative estimate of drug-likeness (QED) is 0.800. The molecule has 0 saturated heterocycles. The minimum atomic E-state index is 0.0654. The molecule has 2 N–H and O–H groups in total. The summed E-state index contributed by atoms with van der Waals surface area (Å²) in [5, 5.41) is 1.40. The summed E-state index contributed by atoms with van der Waals surface area (Å²) in [6, 6.07) is 8.68. The van der Waals surface area contributed by atoms with Gasteiger partial charge in [-0.15, -0.1) is 0 Å². The molecular formula is C14H11ClN4O2. The van der Waals surface area contributed by atoms with Crippen molar-refractivity contribution in [1.82, 2.24) is 15.0 Å². The lowest BCUT2D eigenvalue weighted by Crippen LogP contribution is -2.00. The molecule has 7 heteroatoms. The van der Waals surface area contributed by atoms with E-state index in [9.17, 15) is 0 Å². The molecule has 0 bridgehead atoms. The summed E-state index contributed by atoms with van der Waals surface area (Å²) in [5.74, 6) is 1.18. The highest BCUT2D eigenvalue weighted by atomic mass is 35.5. The number of ether oxygens (including phenoxy) is 2. The van der Waals surface area contributed by atoms with Gasteiger partial charge in [0.1, 0.15) is 5.52 Å². The Morgan fingerprint density at radius 1 is 1.14 bits per heavy atom. The molecule has 0 radical (unpaired) electrons. The molecule has 0 aliphatic carbocycles. The summed E-state index contributed by atoms with van der Waals surface area (Å²) in [7, 11) is 1.49. The number of aromatic nitrogens is 3. The van der Waals surface area contributed by atoms with Crippen LogP contribution in [-0.2, 0) is 0 Å². The van der Waals surface area contributed by atoms with E-state index >= 15 is 0 Å². The number of nitrogen functional groups attached to an aromatic ring is 1. The van der Waals surface area contributed by atoms with Gasteiger partial charge in [0.25, 0.3) is 0 Å². The molecule has 0 saturated carbocycles. The first-order valence-electron chi connectivity index (χ1n) is 6.07. The molecule has 2 aromatic heterocycles. The van der Waals surface area contributed by atoms with Gasteiger partial charge in [-0.05, 0) is 24.3 Å². The van der Waals surface area contributed by atoms with E-state index in [2.05, 4.69) is 15.0 Å². The van der Waals surface area contributed by atoms with Crippen LogP contribution in [0, 0.1) is 0 Å². The molecule has 0 atom stereocenters. The molecule has 0 aliphatic rings. The minimum absolute atomic E-state index is 0.0654. The highest BCUT2D eigenvalue weighted by molar-refractivity contribution is 6.35. The van der Waals surface area contributed by atoms with Crippen LogP contribution in [0.2, 0.25) is 5.02 Å². The molecule has 0 unspecified atom stereocenters. The number of halogens is 1. The Kier molecular flexibility index (Phi) is 3.45. The zero-order valence-corrected chi connectivity index (χ0v) is 11.8. The Balaban J connectivity index is 2.06. The summed E-state index contributed by atoms with van der Waals surface area (Å²) >= 11 is 6.14. The Morgan fingerprint density at radius 2 is 1.95 bits per heavy atom. The summed E-state index contributed by atoms with van der Waals surface area (Å²) < 4.78 is 10.8. The average Bonchev–Trinajstić information content (AvgIpc) is 2.50. The van der Waals surface area contributed by atoms with Gasteiger partial charge in [0.05, 0.1) is 18.2 Å². The zero-order valence-electron chi connectivity index (χ0n) is 11.1. The molecule has 106 valence electrons. The number of nitrogens with zero attached hydrogens (tertiary/aromatic N) is 3. The van der Waals surface area contributed by atoms with Gasteiger partial charge in [-0.1, -0.05) is 11.6 Å². The maximum Gasteiger partial charge on any atom is 0.228 e. The smallest absolute Gasteiger partial charge is 0.228 e. The molecular weight excluding hydrogens is 292 g/mol. The van der Waals surface area contributed by atoms with Crippen LogP contribution in [0.25, 0.3) is 10.9 Å². The monoisotopic (exact) mass is 302 g/mol. The second kappa shape index (κ2) is 5.41. The topological polar surface area (TPSA) is 83.2 Å². The number of rotatable bonds is 3. The first-order valence-corrected chi connectivity index (χ1v) is 6.45. The van der Waals surface area contributed by atoms with Crippen molar-refractivity contribution < 1.29 is 9.47 Å². The summed E-state index contributed by atoms with van der Waals surface area (Å²) in [6.07, 6.45) is 1.67. The fourth-order valence-corrected chi connectivity index (χ4v) is 2.10. The van der Waals surface area contributed by atoms with E-state index in [1.165, 1.54) is 7.11 Å². The number of nitrogens with two attached hydrogens (primary N) is 1. The van der Waals surface area contributed by atoms with Crippen LogP contribution in [0.1, 0.15) is 0 Å². The summed E-state index contributed by atoms with van der Waals surface area (Å²) in [4.78, 5) is 12.2. The summed E-state index contributed by atoms with van der Waals surface area (Å²) in [6.45, 7) is 0. The van der Waals surface area contributed by atoms with Crippen LogP contribution in [0.5, 0.6) is 17.5 Å². The van der Waals surface area contributed by atoms with E-state index in [4.69, 9.17) is 26.8 Å². The Hall–Kier alpha value is -2.60. The number of fused-ring (bicyclic) bond motifs is 1. The van der Waals surface area contributed by atoms with E-state index in [-0.39, 0.29) is 11.8 Å². The molecule has 0 spiro atoms. The predicted octanol–water partition coefficient (Wildman–Crippen LogP) is 3.06. The average molecular weight is 303 g/mol. The minimum Gasteiger partial charge on any atom is -0.481 e. The van der Waals surface area contributed by atoms with Crippen molar-refractivity contribution in [2.24, 2.45) is 0 Å². The summed E-state index contributed by atoms with van der Waals surface area (Å²) in [5.41, 5.74) is 6.25. The van der Waals surface area contributed by atoms with Crippen molar-refractivity contribution in [2.45, 2.75) is 0 Å². The Bertz CT molecular complexity index is 810. The molecule has 3 rings (SSSR count). The molecule has 0 fully saturated rings. The third-order valence-electron chi connectivity index (χ3n) is 2.80. The molecule has 6 nitrogen and oxygen atoms in total. The second-order valence-corrected chi connectivity index (χ2v) is 4.56. The van der Waals surface area contributed by atoms with Gasteiger partial charge in [0.2, 0.25) is 17.7 Å². The van der Waals surface area contributed by atoms with Crippen LogP contribution in [0.3, 0.4) is 0 Å². The lowest BCUT2D eigenvalue weighted by Gasteiger charge is -2.09. The molecule has 21 heavy (non-hydrogen) atoms. The number of benzene rings is 1. The molecule has 0 amide bonds. The van der Waals surface area contributed by atoms with E-state index in [1.807, 2.05) is 12.1 Å². The molecule has 3 aromatic rings. The molecule has 0 aliphatic heterocycles. The fraction of sp³-hybridized carbons (Fsp3) is 0.0714. The van der Waals surface area contributed by atoms with Gasteiger partial charge >= 0.3 is 0 Å². The number of anilines is 1. The largest absolute Gasteiger partial charge is 0.481 e. The highest BCUT2D eigenvalue weighted by Gasteiger charge is 2.10. The zero-order chi connectivity index (χ0) is 14.8. The highest BCUT2D eigenvalue weighted by Crippen LogP contribution is 2.32. The first kappa shape index (κ1) is 13.4. The van der Waals surface area contributed by atoms with Crippen LogP contribution in [0.4, 0.5) is 5.95 Å². The number of hydrogen-bond acceptors (Lipinski definition) is 6. The third kappa shape index (κ3) is 2.66.